The molecule has 54 heavy (non-hydrogen) atoms. The van der Waals surface area contributed by atoms with Gasteiger partial charge in [-0.15, -0.1) is 0 Å². The van der Waals surface area contributed by atoms with E-state index >= 15 is 0 Å². The van der Waals surface area contributed by atoms with Crippen LogP contribution in [0.4, 0.5) is 5.69 Å². The molecule has 4 aliphatic heterocycles. The van der Waals surface area contributed by atoms with Gasteiger partial charge >= 0.3 is 29.8 Å². The third kappa shape index (κ3) is 8.45. The number of dihydropyridines is 1. The van der Waals surface area contributed by atoms with Crippen molar-refractivity contribution in [1.82, 2.24) is 0 Å². The number of aliphatic carboxylic acids is 4. The van der Waals surface area contributed by atoms with Crippen molar-refractivity contribution in [2.24, 2.45) is 4.99 Å². The van der Waals surface area contributed by atoms with E-state index < -0.39 is 134 Å². The third-order valence-electron chi connectivity index (χ3n) is 8.93. The highest BCUT2D eigenvalue weighted by Gasteiger charge is 2.54. The highest BCUT2D eigenvalue weighted by Crippen LogP contribution is 2.42. The van der Waals surface area contributed by atoms with Crippen LogP contribution in [0.5, 0.6) is 11.5 Å². The van der Waals surface area contributed by atoms with Crippen molar-refractivity contribution < 1.29 is 98.7 Å². The second-order valence-electron chi connectivity index (χ2n) is 12.7. The number of carbonyl (C=O) groups excluding carboxylic acids is 1. The largest absolute Gasteiger partial charge is 0.504 e. The Morgan fingerprint density at radius 3 is 2.33 bits per heavy atom. The van der Waals surface area contributed by atoms with Crippen LogP contribution in [-0.2, 0) is 49.3 Å². The molecule has 0 radical (unpaired) electrons. The molecule has 0 aliphatic carbocycles. The number of hydrogen-bond acceptors (Lipinski definition) is 18. The lowest BCUT2D eigenvalue weighted by atomic mass is 9.98. The first-order valence-electron chi connectivity index (χ1n) is 16.1. The number of anilines is 1. The maximum atomic E-state index is 12.3. The smallest absolute Gasteiger partial charge is 0.354 e. The van der Waals surface area contributed by atoms with Crippen molar-refractivity contribution in [3.63, 3.8) is 0 Å². The summed E-state index contributed by atoms with van der Waals surface area (Å²) in [5.74, 6) is -7.92. The fourth-order valence-corrected chi connectivity index (χ4v) is 6.04. The molecule has 2 saturated heterocycles. The van der Waals surface area contributed by atoms with Crippen LogP contribution in [0.15, 0.2) is 41.1 Å². The van der Waals surface area contributed by atoms with E-state index in [1.54, 1.807) is 0 Å². The molecule has 1 aromatic carbocycles. The first-order chi connectivity index (χ1) is 25.4. The second-order valence-corrected chi connectivity index (χ2v) is 12.7. The molecule has 22 heteroatoms. The molecule has 0 spiro atoms. The molecule has 5 rings (SSSR count). The SMILES string of the molecule is O=C(O)CC(=O)OCC1OC(Oc2cc3c(cc2O)N(C=CC2=CC(C(=O)O)=NC(C(=O)O)C2)C(C(=O)O)C3)C(OC2OCC(O)(CO)C2O)C(O)C1O. The summed E-state index contributed by atoms with van der Waals surface area (Å²) in [7, 11) is 0. The van der Waals surface area contributed by atoms with Crippen molar-refractivity contribution in [3.05, 3.63) is 41.6 Å². The maximum Gasteiger partial charge on any atom is 0.354 e. The molecule has 1 aromatic rings. The summed E-state index contributed by atoms with van der Waals surface area (Å²) in [5.41, 5.74) is -2.08. The zero-order valence-corrected chi connectivity index (χ0v) is 27.8. The molecule has 10 unspecified atom stereocenters. The molecule has 4 heterocycles. The number of carbonyl (C=O) groups is 5. The van der Waals surface area contributed by atoms with Gasteiger partial charge in [0.25, 0.3) is 0 Å². The quantitative estimate of drug-likeness (QED) is 0.0654. The van der Waals surface area contributed by atoms with Crippen LogP contribution in [-0.4, -0.2) is 167 Å². The molecule has 294 valence electrons. The summed E-state index contributed by atoms with van der Waals surface area (Å²) >= 11 is 0. The molecule has 2 fully saturated rings. The van der Waals surface area contributed by atoms with Crippen LogP contribution in [0.2, 0.25) is 0 Å². The molecule has 0 amide bonds. The Hall–Kier alpha value is -5.20. The minimum atomic E-state index is -2.17. The molecule has 4 aliphatic rings. The Kier molecular flexibility index (Phi) is 11.9. The van der Waals surface area contributed by atoms with Gasteiger partial charge in [-0.2, -0.15) is 0 Å². The second kappa shape index (κ2) is 16.0. The van der Waals surface area contributed by atoms with Gasteiger partial charge in [0.15, 0.2) is 29.9 Å². The minimum Gasteiger partial charge on any atom is -0.504 e. The lowest BCUT2D eigenvalue weighted by Gasteiger charge is -2.43. The van der Waals surface area contributed by atoms with Crippen molar-refractivity contribution in [1.29, 1.82) is 0 Å². The number of carboxylic acid groups (broad SMARTS) is 4. The number of aliphatic imine (C=N–C) groups is 1. The van der Waals surface area contributed by atoms with Gasteiger partial charge in [0, 0.05) is 30.8 Å². The first-order valence-corrected chi connectivity index (χ1v) is 16.1. The summed E-state index contributed by atoms with van der Waals surface area (Å²) in [4.78, 5) is 63.0. The Morgan fingerprint density at radius 1 is 1.00 bits per heavy atom. The summed E-state index contributed by atoms with van der Waals surface area (Å²) in [6.45, 7) is -2.36. The number of aromatic hydroxyl groups is 1. The van der Waals surface area contributed by atoms with Gasteiger partial charge in [0.1, 0.15) is 54.8 Å². The van der Waals surface area contributed by atoms with E-state index in [1.807, 2.05) is 0 Å². The van der Waals surface area contributed by atoms with Crippen LogP contribution >= 0.6 is 0 Å². The molecule has 10 N–H and O–H groups in total. The van der Waals surface area contributed by atoms with E-state index in [9.17, 15) is 69.9 Å². The maximum absolute atomic E-state index is 12.3. The molecule has 0 aromatic heterocycles. The summed E-state index contributed by atoms with van der Waals surface area (Å²) in [6, 6.07) is -0.360. The zero-order valence-electron chi connectivity index (χ0n) is 27.8. The summed E-state index contributed by atoms with van der Waals surface area (Å²) in [6.07, 6.45) is -10.5. The van der Waals surface area contributed by atoms with Crippen LogP contribution in [0.25, 0.3) is 0 Å². The van der Waals surface area contributed by atoms with E-state index in [2.05, 4.69) is 4.99 Å². The van der Waals surface area contributed by atoms with Crippen molar-refractivity contribution in [2.45, 2.75) is 80.0 Å². The van der Waals surface area contributed by atoms with Crippen LogP contribution in [0, 0.1) is 0 Å². The van der Waals surface area contributed by atoms with E-state index in [4.69, 9.17) is 28.8 Å². The number of fused-ring (bicyclic) bond motifs is 1. The van der Waals surface area contributed by atoms with Crippen LogP contribution < -0.4 is 9.64 Å². The highest BCUT2D eigenvalue weighted by molar-refractivity contribution is 6.41. The van der Waals surface area contributed by atoms with Gasteiger partial charge < -0.3 is 79.6 Å². The van der Waals surface area contributed by atoms with Crippen molar-refractivity contribution in [3.8, 4) is 11.5 Å². The third-order valence-corrected chi connectivity index (χ3v) is 8.93. The van der Waals surface area contributed by atoms with Crippen LogP contribution in [0.1, 0.15) is 18.4 Å². The molecule has 0 saturated carbocycles. The molecular formula is C32H36N2O20. The number of nitrogens with zero attached hydrogens (tertiary/aromatic N) is 2. The fourth-order valence-electron chi connectivity index (χ4n) is 6.04. The monoisotopic (exact) mass is 768 g/mol. The van der Waals surface area contributed by atoms with Gasteiger partial charge in [-0.05, 0) is 29.4 Å². The number of phenols is 1. The first kappa shape index (κ1) is 40.0. The fraction of sp³-hybridized carbons (Fsp3) is 0.500. The lowest BCUT2D eigenvalue weighted by Crippen LogP contribution is -2.62. The lowest BCUT2D eigenvalue weighted by molar-refractivity contribution is -0.319. The molecule has 10 atom stereocenters. The molecular weight excluding hydrogens is 732 g/mol. The standard InChI is InChI=1S/C32H36N2O20/c35-10-32(49)11-51-31(26(32)42)54-25-24(41)23(40)20(9-50-22(39)8-21(37)38)53-30(25)52-19-6-13-5-17(29(47)48)34(16(13)7-18(19)36)2-1-12-3-14(27(43)44)33-15(4-12)28(45)46/h1-3,6-7,15,17,20,23-26,30-31,35-36,40-42,49H,4-5,8-11H2,(H,37,38)(H,43,44)(H,45,46)(H,47,48). The highest BCUT2D eigenvalue weighted by atomic mass is 16.8. The average Bonchev–Trinajstić information content (AvgIpc) is 3.61. The van der Waals surface area contributed by atoms with Crippen LogP contribution in [0.3, 0.4) is 0 Å². The van der Waals surface area contributed by atoms with Crippen molar-refractivity contribution in [2.75, 3.05) is 24.7 Å². The van der Waals surface area contributed by atoms with Gasteiger partial charge in [0.05, 0.1) is 13.2 Å². The summed E-state index contributed by atoms with van der Waals surface area (Å²) in [5, 5.41) is 101. The number of rotatable bonds is 14. The number of benzene rings is 1. The number of hydrogen-bond donors (Lipinski definition) is 10. The summed E-state index contributed by atoms with van der Waals surface area (Å²) < 4.78 is 27.3. The molecule has 22 nitrogen and oxygen atoms in total. The van der Waals surface area contributed by atoms with Gasteiger partial charge in [-0.25, -0.2) is 14.4 Å². The average molecular weight is 769 g/mol. The van der Waals surface area contributed by atoms with Gasteiger partial charge in [-0.3, -0.25) is 14.6 Å². The Labute approximate surface area is 302 Å². The topological polar surface area (TPSA) is 349 Å². The van der Waals surface area contributed by atoms with E-state index in [0.29, 0.717) is 0 Å². The Morgan fingerprint density at radius 2 is 1.72 bits per heavy atom. The predicted octanol–water partition coefficient (Wildman–Crippen LogP) is -3.30. The molecule has 0 bridgehead atoms. The van der Waals surface area contributed by atoms with E-state index in [-0.39, 0.29) is 29.7 Å². The predicted molar refractivity (Wildman–Crippen MR) is 171 cm³/mol. The van der Waals surface area contributed by atoms with E-state index in [1.165, 1.54) is 23.2 Å². The zero-order chi connectivity index (χ0) is 39.6. The minimum absolute atomic E-state index is 0.142. The number of aliphatic hydroxyl groups excluding tert-OH is 4. The number of aliphatic hydroxyl groups is 5. The number of allylic oxidation sites excluding steroid dienone is 1. The Bertz CT molecular complexity index is 1760. The van der Waals surface area contributed by atoms with E-state index in [0.717, 1.165) is 12.1 Å². The number of phenolic OH excluding ortho intramolecular Hbond substituents is 1. The Balaban J connectivity index is 1.43. The number of ether oxygens (including phenoxy) is 5. The number of carboxylic acids is 4. The number of esters is 1. The van der Waals surface area contributed by atoms with Gasteiger partial charge in [-0.1, -0.05) is 0 Å². The normalized spacial score (nSPS) is 32.1. The van der Waals surface area contributed by atoms with Crippen molar-refractivity contribution >= 4 is 41.2 Å². The van der Waals surface area contributed by atoms with Gasteiger partial charge in [0.2, 0.25) is 6.29 Å².